The highest BCUT2D eigenvalue weighted by molar-refractivity contribution is 5.79. The van der Waals surface area contributed by atoms with Crippen LogP contribution < -0.4 is 5.32 Å². The summed E-state index contributed by atoms with van der Waals surface area (Å²) in [4.78, 5) is 23.4. The lowest BCUT2D eigenvalue weighted by atomic mass is 9.98. The molecule has 1 aliphatic carbocycles. The van der Waals surface area contributed by atoms with Gasteiger partial charge in [-0.2, -0.15) is 0 Å². The van der Waals surface area contributed by atoms with Crippen LogP contribution in [0.5, 0.6) is 0 Å². The molecule has 1 atom stereocenters. The van der Waals surface area contributed by atoms with Crippen molar-refractivity contribution < 1.29 is 24.2 Å². The average molecular weight is 367 g/mol. The van der Waals surface area contributed by atoms with E-state index in [4.69, 9.17) is 9.47 Å². The van der Waals surface area contributed by atoms with E-state index in [0.29, 0.717) is 0 Å². The Bertz CT molecular complexity index is 802. The van der Waals surface area contributed by atoms with Gasteiger partial charge in [-0.05, 0) is 22.3 Å². The maximum absolute atomic E-state index is 12.0. The van der Waals surface area contributed by atoms with E-state index in [1.807, 2.05) is 36.4 Å². The number of benzene rings is 2. The quantitative estimate of drug-likeness (QED) is 0.580. The van der Waals surface area contributed by atoms with Crippen LogP contribution in [0.1, 0.15) is 17.0 Å². The molecule has 1 amide bonds. The third-order valence-corrected chi connectivity index (χ3v) is 4.40. The normalized spacial score (nSPS) is 13.2. The molecule has 0 unspecified atom stereocenters. The number of carbonyl (C=O) groups is 2. The van der Waals surface area contributed by atoms with Gasteiger partial charge in [-0.1, -0.05) is 61.2 Å². The Labute approximate surface area is 157 Å². The molecule has 0 saturated heterocycles. The maximum atomic E-state index is 12.0. The van der Waals surface area contributed by atoms with E-state index in [9.17, 15) is 14.7 Å². The summed E-state index contributed by atoms with van der Waals surface area (Å²) in [5.74, 6) is -0.875. The molecule has 27 heavy (non-hydrogen) atoms. The summed E-state index contributed by atoms with van der Waals surface area (Å²) in [6.07, 6.45) is -0.762. The lowest BCUT2D eigenvalue weighted by Gasteiger charge is -2.15. The molecule has 0 saturated carbocycles. The van der Waals surface area contributed by atoms with Crippen molar-refractivity contribution in [1.29, 1.82) is 0 Å². The molecule has 140 valence electrons. The van der Waals surface area contributed by atoms with Crippen LogP contribution in [0.15, 0.2) is 61.2 Å². The Kier molecular flexibility index (Phi) is 5.88. The second-order valence-corrected chi connectivity index (χ2v) is 6.14. The van der Waals surface area contributed by atoms with Gasteiger partial charge < -0.3 is 19.9 Å². The van der Waals surface area contributed by atoms with Gasteiger partial charge in [0.2, 0.25) is 0 Å². The van der Waals surface area contributed by atoms with E-state index in [0.717, 1.165) is 22.3 Å². The summed E-state index contributed by atoms with van der Waals surface area (Å²) in [5, 5.41) is 12.0. The smallest absolute Gasteiger partial charge is 0.407 e. The minimum atomic E-state index is -1.45. The number of hydrogen-bond acceptors (Lipinski definition) is 5. The van der Waals surface area contributed by atoms with Crippen LogP contribution >= 0.6 is 0 Å². The Hall–Kier alpha value is -3.12. The Morgan fingerprint density at radius 2 is 1.67 bits per heavy atom. The Balaban J connectivity index is 1.56. The minimum Gasteiger partial charge on any atom is -0.460 e. The Morgan fingerprint density at radius 3 is 2.26 bits per heavy atom. The molecule has 2 N–H and O–H groups in total. The van der Waals surface area contributed by atoms with Crippen molar-refractivity contribution in [3.63, 3.8) is 0 Å². The zero-order valence-corrected chi connectivity index (χ0v) is 14.8. The largest absolute Gasteiger partial charge is 0.460 e. The number of aliphatic hydroxyl groups excluding tert-OH is 1. The number of aliphatic hydroxyl groups is 1. The lowest BCUT2D eigenvalue weighted by molar-refractivity contribution is -0.151. The second kappa shape index (κ2) is 8.51. The standard InChI is InChI=1S/C21H21NO5/c1-2-11-26-20(24)19(23)12-22-21(25)27-13-18-16-9-5-3-7-14(16)15-8-4-6-10-17(15)18/h2-10,18-19,23H,1,11-13H2,(H,22,25)/t19-/m0/s1. The van der Waals surface area contributed by atoms with Gasteiger partial charge in [0, 0.05) is 5.92 Å². The molecule has 1 aliphatic rings. The molecule has 0 aromatic heterocycles. The summed E-state index contributed by atoms with van der Waals surface area (Å²) in [6, 6.07) is 16.1. The molecule has 0 fully saturated rings. The van der Waals surface area contributed by atoms with Crippen LogP contribution in [0.4, 0.5) is 4.79 Å². The van der Waals surface area contributed by atoms with E-state index < -0.39 is 18.2 Å². The zero-order chi connectivity index (χ0) is 19.2. The van der Waals surface area contributed by atoms with Gasteiger partial charge in [-0.25, -0.2) is 9.59 Å². The number of ether oxygens (including phenoxy) is 2. The highest BCUT2D eigenvalue weighted by Crippen LogP contribution is 2.44. The van der Waals surface area contributed by atoms with Gasteiger partial charge in [-0.15, -0.1) is 0 Å². The first-order chi connectivity index (χ1) is 13.1. The maximum Gasteiger partial charge on any atom is 0.407 e. The molecular weight excluding hydrogens is 346 g/mol. The average Bonchev–Trinajstić information content (AvgIpc) is 3.02. The first kappa shape index (κ1) is 18.7. The van der Waals surface area contributed by atoms with Crippen LogP contribution in [-0.4, -0.2) is 43.0 Å². The molecule has 0 bridgehead atoms. The molecule has 6 nitrogen and oxygen atoms in total. The second-order valence-electron chi connectivity index (χ2n) is 6.14. The number of nitrogens with one attached hydrogen (secondary N) is 1. The van der Waals surface area contributed by atoms with Crippen molar-refractivity contribution in [3.05, 3.63) is 72.3 Å². The third-order valence-electron chi connectivity index (χ3n) is 4.40. The fourth-order valence-electron chi connectivity index (χ4n) is 3.15. The SMILES string of the molecule is C=CCOC(=O)[C@@H](O)CNC(=O)OCC1c2ccccc2-c2ccccc21. The summed E-state index contributed by atoms with van der Waals surface area (Å²) < 4.78 is 10.0. The van der Waals surface area contributed by atoms with Crippen LogP contribution in [-0.2, 0) is 14.3 Å². The summed E-state index contributed by atoms with van der Waals surface area (Å²) in [6.45, 7) is 3.29. The van der Waals surface area contributed by atoms with Gasteiger partial charge in [0.25, 0.3) is 0 Å². The highest BCUT2D eigenvalue weighted by atomic mass is 16.6. The van der Waals surface area contributed by atoms with Crippen molar-refractivity contribution in [1.82, 2.24) is 5.32 Å². The fraction of sp³-hybridized carbons (Fsp3) is 0.238. The first-order valence-electron chi connectivity index (χ1n) is 8.66. The topological polar surface area (TPSA) is 84.9 Å². The van der Waals surface area contributed by atoms with Crippen molar-refractivity contribution in [2.45, 2.75) is 12.0 Å². The molecule has 2 aromatic carbocycles. The van der Waals surface area contributed by atoms with Gasteiger partial charge in [-0.3, -0.25) is 0 Å². The molecule has 6 heteroatoms. The molecule has 0 spiro atoms. The first-order valence-corrected chi connectivity index (χ1v) is 8.66. The van der Waals surface area contributed by atoms with Gasteiger partial charge in [0.15, 0.2) is 6.10 Å². The highest BCUT2D eigenvalue weighted by Gasteiger charge is 2.29. The molecule has 0 radical (unpaired) electrons. The van der Waals surface area contributed by atoms with E-state index in [1.165, 1.54) is 6.08 Å². The number of carbonyl (C=O) groups excluding carboxylic acids is 2. The van der Waals surface area contributed by atoms with Crippen LogP contribution in [0.25, 0.3) is 11.1 Å². The van der Waals surface area contributed by atoms with Gasteiger partial charge in [0.05, 0.1) is 6.54 Å². The zero-order valence-electron chi connectivity index (χ0n) is 14.8. The van der Waals surface area contributed by atoms with Crippen molar-refractivity contribution in [2.75, 3.05) is 19.8 Å². The van der Waals surface area contributed by atoms with Gasteiger partial charge >= 0.3 is 12.1 Å². The van der Waals surface area contributed by atoms with E-state index >= 15 is 0 Å². The van der Waals surface area contributed by atoms with Crippen molar-refractivity contribution >= 4 is 12.1 Å². The molecule has 3 rings (SSSR count). The lowest BCUT2D eigenvalue weighted by Crippen LogP contribution is -2.38. The van der Waals surface area contributed by atoms with Crippen LogP contribution in [0.3, 0.4) is 0 Å². The summed E-state index contributed by atoms with van der Waals surface area (Å²) >= 11 is 0. The molecule has 0 aliphatic heterocycles. The number of alkyl carbamates (subject to hydrolysis) is 1. The minimum absolute atomic E-state index is 0.000831. The fourth-order valence-corrected chi connectivity index (χ4v) is 3.15. The number of esters is 1. The number of hydrogen-bond donors (Lipinski definition) is 2. The van der Waals surface area contributed by atoms with Crippen molar-refractivity contribution in [2.24, 2.45) is 0 Å². The van der Waals surface area contributed by atoms with Crippen LogP contribution in [0, 0.1) is 0 Å². The summed E-state index contributed by atoms with van der Waals surface area (Å²) in [7, 11) is 0. The molecule has 2 aromatic rings. The predicted octanol–water partition coefficient (Wildman–Crippen LogP) is 2.62. The van der Waals surface area contributed by atoms with Crippen LogP contribution in [0.2, 0.25) is 0 Å². The predicted molar refractivity (Wildman–Crippen MR) is 100 cm³/mol. The molecular formula is C21H21NO5. The number of amides is 1. The number of fused-ring (bicyclic) bond motifs is 3. The Morgan fingerprint density at radius 1 is 1.07 bits per heavy atom. The van der Waals surface area contributed by atoms with Gasteiger partial charge in [0.1, 0.15) is 13.2 Å². The monoisotopic (exact) mass is 367 g/mol. The third kappa shape index (κ3) is 4.17. The molecule has 0 heterocycles. The van der Waals surface area contributed by atoms with E-state index in [2.05, 4.69) is 24.0 Å². The van der Waals surface area contributed by atoms with Crippen molar-refractivity contribution in [3.8, 4) is 11.1 Å². The van der Waals surface area contributed by atoms with E-state index in [-0.39, 0.29) is 25.7 Å². The number of rotatable bonds is 7. The van der Waals surface area contributed by atoms with E-state index in [1.54, 1.807) is 0 Å². The summed E-state index contributed by atoms with van der Waals surface area (Å²) in [5.41, 5.74) is 4.50.